The monoisotopic (exact) mass is 1620 g/mol. The van der Waals surface area contributed by atoms with Crippen molar-refractivity contribution in [3.63, 3.8) is 0 Å². The van der Waals surface area contributed by atoms with Crippen molar-refractivity contribution in [3.8, 4) is 0 Å². The Morgan fingerprint density at radius 2 is 0.351 bits per heavy atom. The maximum Gasteiger partial charge on any atom is 0.307 e. The fourth-order valence-corrected chi connectivity index (χ4v) is 15.0. The molecule has 0 aromatic carbocycles. The fraction of sp³-hybridized carbons (Fsp3) is 0.939. The number of hydrogen-bond acceptors (Lipinski definition) is 16. The predicted molar refractivity (Wildman–Crippen MR) is 482 cm³/mol. The average molecular weight is 1620 g/mol. The van der Waals surface area contributed by atoms with Crippen LogP contribution in [0.3, 0.4) is 0 Å². The van der Waals surface area contributed by atoms with Gasteiger partial charge in [-0.05, 0) is 98.8 Å². The Bertz CT molecular complexity index is 1960. The van der Waals surface area contributed by atoms with Crippen molar-refractivity contribution < 1.29 is 57.2 Å². The standard InChI is InChI=1S/C54H106N2O6.C44H86N2O6/c1-6-9-12-15-18-21-24-27-30-33-36-48-60-52(57)40-45-55(46-41-53(58)61-49-37-34-31-28-25-22-19-16-13-10-7-2)43-39-44-56(51(4)5)47-42-54(59)62-50-38-35-32-29-26-23-20-17-14-11-8-3;1-6-8-10-12-14-16-18-20-22-24-26-28-39-51-43(48)31-36-45(34-30-35-46(41(3)4)38-33-42(47)50-5)37-32-44(49)52-40-29-27-25-23-21-19-17-15-13-11-9-7-2/h51H,6-50H2,1-5H3;41H,6-40H2,1-5H3. The van der Waals surface area contributed by atoms with Gasteiger partial charge < -0.3 is 48.0 Å². The molecule has 16 nitrogen and oxygen atoms in total. The number of carbonyl (C=O) groups is 6. The first-order chi connectivity index (χ1) is 55.7. The van der Waals surface area contributed by atoms with E-state index in [-0.39, 0.29) is 35.8 Å². The Hall–Kier alpha value is -3.34. The van der Waals surface area contributed by atoms with Gasteiger partial charge in [-0.2, -0.15) is 0 Å². The second kappa shape index (κ2) is 92.0. The SMILES string of the molecule is CCCCCCCCCCCCCCOC(=O)CCN(CCCN(CCC(=O)OC)C(C)C)CCC(=O)OCCCCCCCCCCCCCC.CCCCCCCCCCCCCOC(=O)CCN(CCCN(CCC(=O)OCCCCCCCCCCCCC)C(C)C)CCC(=O)OCCCCCCCCCCCCC. The maximum atomic E-state index is 12.7. The highest BCUT2D eigenvalue weighted by Gasteiger charge is 2.19. The molecule has 0 fully saturated rings. The van der Waals surface area contributed by atoms with E-state index in [0.717, 1.165) is 103 Å². The molecule has 0 heterocycles. The molecule has 16 heteroatoms. The van der Waals surface area contributed by atoms with Crippen LogP contribution in [0.5, 0.6) is 0 Å². The summed E-state index contributed by atoms with van der Waals surface area (Å²) in [4.78, 5) is 84.0. The van der Waals surface area contributed by atoms with Crippen LogP contribution in [0.2, 0.25) is 0 Å². The lowest BCUT2D eigenvalue weighted by Gasteiger charge is -2.28. The molecular formula is C98H192N4O12. The Morgan fingerprint density at radius 1 is 0.193 bits per heavy atom. The van der Waals surface area contributed by atoms with E-state index in [0.29, 0.717) is 123 Å². The van der Waals surface area contributed by atoms with E-state index in [1.165, 1.54) is 309 Å². The first kappa shape index (κ1) is 113. The predicted octanol–water partition coefficient (Wildman–Crippen LogP) is 26.3. The van der Waals surface area contributed by atoms with E-state index in [9.17, 15) is 28.8 Å². The lowest BCUT2D eigenvalue weighted by Crippen LogP contribution is -2.37. The number of carbonyl (C=O) groups excluding carboxylic acids is 6. The minimum Gasteiger partial charge on any atom is -0.469 e. The summed E-state index contributed by atoms with van der Waals surface area (Å²) < 4.78 is 32.8. The van der Waals surface area contributed by atoms with E-state index < -0.39 is 0 Å². The minimum absolute atomic E-state index is 0.109. The molecule has 0 spiro atoms. The molecule has 0 aromatic rings. The molecule has 0 bridgehead atoms. The summed E-state index contributed by atoms with van der Waals surface area (Å²) in [5.74, 6) is -0.943. The van der Waals surface area contributed by atoms with Crippen molar-refractivity contribution in [2.75, 3.05) is 106 Å². The molecule has 0 saturated heterocycles. The summed E-state index contributed by atoms with van der Waals surface area (Å²) in [6.45, 7) is 29.2. The second-order valence-electron chi connectivity index (χ2n) is 34.2. The van der Waals surface area contributed by atoms with Crippen molar-refractivity contribution >= 4 is 35.8 Å². The van der Waals surface area contributed by atoms with E-state index in [1.807, 2.05) is 0 Å². The van der Waals surface area contributed by atoms with Crippen molar-refractivity contribution in [1.29, 1.82) is 0 Å². The van der Waals surface area contributed by atoms with E-state index in [2.05, 4.69) is 81.9 Å². The Kier molecular flexibility index (Phi) is 90.9. The summed E-state index contributed by atoms with van der Waals surface area (Å²) in [7, 11) is 1.42. The van der Waals surface area contributed by atoms with Crippen molar-refractivity contribution in [3.05, 3.63) is 0 Å². The van der Waals surface area contributed by atoms with Gasteiger partial charge in [0.25, 0.3) is 0 Å². The fourth-order valence-electron chi connectivity index (χ4n) is 15.0. The van der Waals surface area contributed by atoms with Crippen LogP contribution in [-0.2, 0) is 57.2 Å². The van der Waals surface area contributed by atoms with Crippen LogP contribution in [0.15, 0.2) is 0 Å². The zero-order chi connectivity index (χ0) is 83.7. The minimum atomic E-state index is -0.198. The summed E-state index contributed by atoms with van der Waals surface area (Å²) in [5, 5.41) is 0. The molecule has 0 aromatic heterocycles. The van der Waals surface area contributed by atoms with E-state index in [4.69, 9.17) is 28.4 Å². The van der Waals surface area contributed by atoms with Gasteiger partial charge in [0.1, 0.15) is 0 Å². The lowest BCUT2D eigenvalue weighted by molar-refractivity contribution is -0.146. The quantitative estimate of drug-likeness (QED) is 0.0320. The molecule has 0 saturated carbocycles. The lowest BCUT2D eigenvalue weighted by atomic mass is 10.1. The van der Waals surface area contributed by atoms with Crippen LogP contribution < -0.4 is 0 Å². The molecular weight excluding hydrogens is 1430 g/mol. The number of unbranched alkanes of at least 4 members (excludes halogenated alkanes) is 52. The highest BCUT2D eigenvalue weighted by Crippen LogP contribution is 2.19. The number of methoxy groups -OCH3 is 1. The highest BCUT2D eigenvalue weighted by atomic mass is 16.5. The Balaban J connectivity index is 0. The maximum absolute atomic E-state index is 12.7. The Labute approximate surface area is 706 Å². The van der Waals surface area contributed by atoms with Gasteiger partial charge in [-0.1, -0.05) is 369 Å². The molecule has 0 atom stereocenters. The number of ether oxygens (including phenoxy) is 6. The normalized spacial score (nSPS) is 11.6. The third-order valence-electron chi connectivity index (χ3n) is 22.8. The first-order valence-corrected chi connectivity index (χ1v) is 49.4. The van der Waals surface area contributed by atoms with Gasteiger partial charge in [-0.3, -0.25) is 28.8 Å². The van der Waals surface area contributed by atoms with Crippen molar-refractivity contribution in [1.82, 2.24) is 19.6 Å². The molecule has 0 amide bonds. The molecule has 114 heavy (non-hydrogen) atoms. The number of rotatable bonds is 90. The van der Waals surface area contributed by atoms with Gasteiger partial charge in [-0.25, -0.2) is 0 Å². The molecule has 0 aliphatic heterocycles. The molecule has 0 aliphatic carbocycles. The van der Waals surface area contributed by atoms with Crippen LogP contribution in [0, 0.1) is 0 Å². The number of esters is 6. The second-order valence-corrected chi connectivity index (χ2v) is 34.2. The zero-order valence-electron chi connectivity index (χ0n) is 77.4. The Morgan fingerprint density at radius 3 is 0.518 bits per heavy atom. The molecule has 0 radical (unpaired) electrons. The molecule has 0 rings (SSSR count). The third-order valence-corrected chi connectivity index (χ3v) is 22.8. The topological polar surface area (TPSA) is 171 Å². The van der Waals surface area contributed by atoms with Crippen LogP contribution in [0.25, 0.3) is 0 Å². The number of nitrogens with zero attached hydrogens (tertiary/aromatic N) is 4. The molecule has 0 N–H and O–H groups in total. The van der Waals surface area contributed by atoms with Crippen LogP contribution in [0.1, 0.15) is 480 Å². The number of hydrogen-bond donors (Lipinski definition) is 0. The van der Waals surface area contributed by atoms with Crippen LogP contribution in [0.4, 0.5) is 0 Å². The average Bonchev–Trinajstić information content (AvgIpc) is 0.942. The van der Waals surface area contributed by atoms with E-state index in [1.54, 1.807) is 0 Å². The van der Waals surface area contributed by atoms with Gasteiger partial charge in [0, 0.05) is 51.4 Å². The van der Waals surface area contributed by atoms with Crippen LogP contribution >= 0.6 is 0 Å². The van der Waals surface area contributed by atoms with Gasteiger partial charge in [0.15, 0.2) is 0 Å². The molecule has 0 unspecified atom stereocenters. The van der Waals surface area contributed by atoms with Gasteiger partial charge in [0.2, 0.25) is 0 Å². The molecule has 0 aliphatic rings. The van der Waals surface area contributed by atoms with Gasteiger partial charge in [-0.15, -0.1) is 0 Å². The van der Waals surface area contributed by atoms with Crippen molar-refractivity contribution in [2.24, 2.45) is 0 Å². The largest absolute Gasteiger partial charge is 0.469 e. The van der Waals surface area contributed by atoms with Crippen LogP contribution in [-0.4, -0.2) is 173 Å². The highest BCUT2D eigenvalue weighted by molar-refractivity contribution is 5.71. The zero-order valence-corrected chi connectivity index (χ0v) is 77.4. The summed E-state index contributed by atoms with van der Waals surface area (Å²) >= 11 is 0. The summed E-state index contributed by atoms with van der Waals surface area (Å²) in [6.07, 6.45) is 76.6. The molecule has 676 valence electrons. The van der Waals surface area contributed by atoms with E-state index >= 15 is 0 Å². The summed E-state index contributed by atoms with van der Waals surface area (Å²) in [6, 6.07) is 0.614. The smallest absolute Gasteiger partial charge is 0.307 e. The van der Waals surface area contributed by atoms with Crippen molar-refractivity contribution in [2.45, 2.75) is 492 Å². The van der Waals surface area contributed by atoms with Gasteiger partial charge >= 0.3 is 35.8 Å². The summed E-state index contributed by atoms with van der Waals surface area (Å²) in [5.41, 5.74) is 0. The van der Waals surface area contributed by atoms with Gasteiger partial charge in [0.05, 0.1) is 78.7 Å². The first-order valence-electron chi connectivity index (χ1n) is 49.4. The third kappa shape index (κ3) is 86.5.